The molecule has 4 aliphatic carbocycles. The van der Waals surface area contributed by atoms with E-state index in [0.29, 0.717) is 93.6 Å². The zero-order valence-corrected chi connectivity index (χ0v) is 49.6. The third kappa shape index (κ3) is 6.86. The maximum atomic E-state index is 17.7. The Hall–Kier alpha value is -9.34. The molecule has 85 heavy (non-hydrogen) atoms. The molecule has 0 unspecified atom stereocenters. The molecule has 6 aromatic heterocycles. The average Bonchev–Trinajstić information content (AvgIpc) is 1.52. The van der Waals surface area contributed by atoms with Gasteiger partial charge in [-0.3, -0.25) is 9.59 Å². The molecule has 0 fully saturated rings. The van der Waals surface area contributed by atoms with E-state index in [4.69, 9.17) is 8.75 Å². The topological polar surface area (TPSA) is 181 Å². The number of ketones is 2. The van der Waals surface area contributed by atoms with Crippen molar-refractivity contribution in [3.05, 3.63) is 193 Å². The second kappa shape index (κ2) is 18.1. The van der Waals surface area contributed by atoms with Crippen LogP contribution < -0.4 is 0 Å². The fraction of sp³-hybridized carbons (Fsp3) is 0.104. The van der Waals surface area contributed by atoms with Crippen LogP contribution in [0.15, 0.2) is 125 Å². The number of aromatic nitrogens is 4. The number of nitrogens with zero attached hydrogens (tertiary/aromatic N) is 8. The van der Waals surface area contributed by atoms with E-state index in [9.17, 15) is 30.6 Å². The van der Waals surface area contributed by atoms with Crippen LogP contribution in [-0.4, -0.2) is 29.1 Å². The van der Waals surface area contributed by atoms with Gasteiger partial charge in [0.1, 0.15) is 69.1 Å². The maximum Gasteiger partial charge on any atom is 0.194 e. The number of thiophene rings is 4. The highest BCUT2D eigenvalue weighted by molar-refractivity contribution is 7.32. The highest BCUT2D eigenvalue weighted by atomic mass is 32.1. The molecular formula is C67H32F2N8O2S6. The van der Waals surface area contributed by atoms with Crippen molar-refractivity contribution < 1.29 is 18.4 Å². The third-order valence-electron chi connectivity index (χ3n) is 17.2. The molecule has 0 spiro atoms. The zero-order chi connectivity index (χ0) is 58.3. The first kappa shape index (κ1) is 51.3. The first-order valence-electron chi connectivity index (χ1n) is 26.6. The first-order chi connectivity index (χ1) is 41.2. The molecular weight excluding hydrogens is 1180 g/mol. The number of halogens is 2. The van der Waals surface area contributed by atoms with Crippen molar-refractivity contribution in [2.75, 3.05) is 0 Å². The molecule has 402 valence electrons. The Morgan fingerprint density at radius 3 is 1.48 bits per heavy atom. The van der Waals surface area contributed by atoms with Crippen molar-refractivity contribution >= 4 is 149 Å². The molecule has 12 aromatic rings. The summed E-state index contributed by atoms with van der Waals surface area (Å²) in [6.45, 7) is 8.60. The van der Waals surface area contributed by atoms with Gasteiger partial charge in [-0.1, -0.05) is 107 Å². The van der Waals surface area contributed by atoms with E-state index in [1.807, 2.05) is 60.7 Å². The zero-order valence-electron chi connectivity index (χ0n) is 44.7. The molecule has 0 bridgehead atoms. The summed E-state index contributed by atoms with van der Waals surface area (Å²) < 4.78 is 57.3. The van der Waals surface area contributed by atoms with Crippen molar-refractivity contribution in [1.29, 1.82) is 21.0 Å². The van der Waals surface area contributed by atoms with Crippen LogP contribution in [0.3, 0.4) is 0 Å². The van der Waals surface area contributed by atoms with Crippen molar-refractivity contribution in [3.63, 3.8) is 0 Å². The Morgan fingerprint density at radius 2 is 0.965 bits per heavy atom. The minimum absolute atomic E-state index is 0.125. The monoisotopic (exact) mass is 1210 g/mol. The lowest BCUT2D eigenvalue weighted by atomic mass is 9.81. The van der Waals surface area contributed by atoms with Gasteiger partial charge < -0.3 is 0 Å². The van der Waals surface area contributed by atoms with Gasteiger partial charge in [0.25, 0.3) is 0 Å². The molecule has 6 heterocycles. The van der Waals surface area contributed by atoms with Crippen molar-refractivity contribution in [3.8, 4) is 66.0 Å². The van der Waals surface area contributed by atoms with Crippen LogP contribution in [0.4, 0.5) is 8.78 Å². The average molecular weight is 1210 g/mol. The van der Waals surface area contributed by atoms with Gasteiger partial charge in [0.15, 0.2) is 11.6 Å². The van der Waals surface area contributed by atoms with E-state index in [1.54, 1.807) is 83.4 Å². The van der Waals surface area contributed by atoms with Gasteiger partial charge in [-0.15, -0.1) is 45.3 Å². The number of rotatable bonds is 5. The number of benzene rings is 6. The van der Waals surface area contributed by atoms with Gasteiger partial charge in [-0.25, -0.2) is 8.78 Å². The SMILES string of the molecule is CC1(C)c2cc3cc(-c4ccc(/C=C5\C(=O)c6ccccc6C5=C(C#N)C#N)c5nsnc45)sc3c(F)c2-c2sc3c4c(sc3c21)-c1c(cc2cc(-c3ccc(C/C=C5\C(=O)c6ccccc6C5=C(C#N)C#N)c5nsnc35)sc2c1F)C4(C)C. The van der Waals surface area contributed by atoms with Crippen molar-refractivity contribution in [2.45, 2.75) is 44.9 Å². The Labute approximate surface area is 506 Å². The van der Waals surface area contributed by atoms with E-state index in [2.05, 4.69) is 48.6 Å². The Morgan fingerprint density at radius 1 is 0.518 bits per heavy atom. The second-order valence-corrected chi connectivity index (χ2v) is 27.5. The van der Waals surface area contributed by atoms with E-state index in [1.165, 1.54) is 22.7 Å². The van der Waals surface area contributed by atoms with Crippen LogP contribution >= 0.6 is 68.8 Å². The summed E-state index contributed by atoms with van der Waals surface area (Å²) >= 11 is 8.02. The standard InChI is InChI=1S/C67H32F2N8O2S6/c1-66(2)42-20-30-22-44(38-16-13-28(54-56(38)76-84-74-54)14-18-40-46(32(24-70)25-71)34-9-5-7-11-36(34)58(40)78)80-60(30)52(68)48(42)62-50(66)64-65(82-62)51-63(83-64)49-43(67(51,3)4)21-31-23-45(81-61(31)53(49)69)39-17-15-29(55-57(39)77-85-75-55)19-41-47(33(26-72)27-73)35-10-6-8-12-37(35)59(41)79/h5-13,15-23H,14H2,1-4H3/b40-18-,41-19-. The Bertz CT molecular complexity index is 5510. The molecule has 18 heteroatoms. The summed E-state index contributed by atoms with van der Waals surface area (Å²) in [6.07, 6.45) is 3.73. The molecule has 16 rings (SSSR count). The van der Waals surface area contributed by atoms with Crippen LogP contribution in [0.1, 0.15) is 92.9 Å². The molecule has 6 aromatic carbocycles. The smallest absolute Gasteiger partial charge is 0.194 e. The van der Waals surface area contributed by atoms with Crippen molar-refractivity contribution in [2.24, 2.45) is 0 Å². The van der Waals surface area contributed by atoms with Crippen molar-refractivity contribution in [1.82, 2.24) is 17.5 Å². The van der Waals surface area contributed by atoms with Gasteiger partial charge in [0, 0.05) is 91.6 Å². The summed E-state index contributed by atoms with van der Waals surface area (Å²) in [6, 6.07) is 37.7. The van der Waals surface area contributed by atoms with Crippen LogP contribution in [0.2, 0.25) is 0 Å². The predicted molar refractivity (Wildman–Crippen MR) is 336 cm³/mol. The fourth-order valence-electron chi connectivity index (χ4n) is 13.3. The first-order valence-corrected chi connectivity index (χ1v) is 31.3. The van der Waals surface area contributed by atoms with Crippen LogP contribution in [0.25, 0.3) is 111 Å². The molecule has 0 amide bonds. The lowest BCUT2D eigenvalue weighted by molar-refractivity contribution is 0.103. The molecule has 0 aliphatic heterocycles. The minimum Gasteiger partial charge on any atom is -0.289 e. The number of Topliss-reactive ketones (excluding diaryl/α,β-unsaturated/α-hetero) is 2. The van der Waals surface area contributed by atoms with E-state index in [0.717, 1.165) is 102 Å². The lowest BCUT2D eigenvalue weighted by Gasteiger charge is -2.22. The highest BCUT2D eigenvalue weighted by Crippen LogP contribution is 2.65. The number of hydrogen-bond donors (Lipinski definition) is 0. The van der Waals surface area contributed by atoms with Crippen LogP contribution in [0, 0.1) is 57.0 Å². The molecule has 0 saturated heterocycles. The van der Waals surface area contributed by atoms with Gasteiger partial charge in [0.05, 0.1) is 42.3 Å². The largest absolute Gasteiger partial charge is 0.289 e. The highest BCUT2D eigenvalue weighted by Gasteiger charge is 2.48. The minimum atomic E-state index is -0.597. The van der Waals surface area contributed by atoms with E-state index < -0.39 is 10.8 Å². The van der Waals surface area contributed by atoms with Crippen LogP contribution in [0.5, 0.6) is 0 Å². The van der Waals surface area contributed by atoms with Gasteiger partial charge in [0.2, 0.25) is 0 Å². The quantitative estimate of drug-likeness (QED) is 0.119. The number of nitriles is 4. The Balaban J connectivity index is 0.742. The summed E-state index contributed by atoms with van der Waals surface area (Å²) in [5.74, 6) is -1.09. The number of hydrogen-bond acceptors (Lipinski definition) is 16. The van der Waals surface area contributed by atoms with E-state index >= 15 is 8.78 Å². The number of allylic oxidation sites excluding steroid dienone is 7. The van der Waals surface area contributed by atoms with Gasteiger partial charge in [-0.2, -0.15) is 38.5 Å². The molecule has 10 nitrogen and oxygen atoms in total. The van der Waals surface area contributed by atoms with Gasteiger partial charge in [-0.05, 0) is 86.5 Å². The molecule has 0 atom stereocenters. The number of fused-ring (bicyclic) bond motifs is 15. The predicted octanol–water partition coefficient (Wildman–Crippen LogP) is 17.9. The molecule has 0 radical (unpaired) electrons. The lowest BCUT2D eigenvalue weighted by Crippen LogP contribution is -2.16. The molecule has 0 N–H and O–H groups in total. The Kier molecular flexibility index (Phi) is 10.9. The third-order valence-corrected chi connectivity index (χ3v) is 23.2. The van der Waals surface area contributed by atoms with Gasteiger partial charge >= 0.3 is 0 Å². The van der Waals surface area contributed by atoms with E-state index in [-0.39, 0.29) is 39.9 Å². The number of carbonyl (C=O) groups excluding carboxylic acids is 2. The summed E-state index contributed by atoms with van der Waals surface area (Å²) in [5, 5.41) is 41.0. The fourth-order valence-corrected chi connectivity index (χ4v) is 20.3. The normalized spacial score (nSPS) is 15.9. The molecule has 4 aliphatic rings. The van der Waals surface area contributed by atoms with Crippen LogP contribution in [-0.2, 0) is 17.3 Å². The molecule has 0 saturated carbocycles. The summed E-state index contributed by atoms with van der Waals surface area (Å²) in [4.78, 5) is 30.9. The second-order valence-electron chi connectivity index (χ2n) is 22.3. The number of carbonyl (C=O) groups is 2. The summed E-state index contributed by atoms with van der Waals surface area (Å²) in [5.41, 5.74) is 12.2. The summed E-state index contributed by atoms with van der Waals surface area (Å²) in [7, 11) is 0. The maximum absolute atomic E-state index is 17.7.